The largest absolute Gasteiger partial charge is 0.387 e. The molecule has 1 amide bonds. The van der Waals surface area contributed by atoms with Gasteiger partial charge in [-0.25, -0.2) is 0 Å². The summed E-state index contributed by atoms with van der Waals surface area (Å²) in [7, 11) is 0. The number of likely N-dealkylation sites (tertiary alicyclic amines) is 1. The molecule has 0 spiro atoms. The van der Waals surface area contributed by atoms with Gasteiger partial charge in [0.1, 0.15) is 0 Å². The van der Waals surface area contributed by atoms with Gasteiger partial charge in [-0.3, -0.25) is 4.79 Å². The van der Waals surface area contributed by atoms with Gasteiger partial charge in [-0.05, 0) is 55.3 Å². The van der Waals surface area contributed by atoms with Crippen LogP contribution < -0.4 is 4.90 Å². The van der Waals surface area contributed by atoms with Crippen molar-refractivity contribution in [3.05, 3.63) is 29.3 Å². The average Bonchev–Trinajstić information content (AvgIpc) is 2.53. The maximum Gasteiger partial charge on any atom is 0.223 e. The molecule has 1 fully saturated rings. The van der Waals surface area contributed by atoms with Crippen LogP contribution in [0.3, 0.4) is 0 Å². The highest BCUT2D eigenvalue weighted by Gasteiger charge is 2.23. The predicted octanol–water partition coefficient (Wildman–Crippen LogP) is 2.75. The molecule has 2 aliphatic rings. The quantitative estimate of drug-likeness (QED) is 0.932. The number of hydrogen-bond donors (Lipinski definition) is 1. The van der Waals surface area contributed by atoms with Crippen LogP contribution in [0, 0.1) is 5.92 Å². The summed E-state index contributed by atoms with van der Waals surface area (Å²) >= 11 is 0. The van der Waals surface area contributed by atoms with Crippen LogP contribution in [0.15, 0.2) is 18.2 Å². The van der Waals surface area contributed by atoms with Crippen molar-refractivity contribution in [3.8, 4) is 0 Å². The number of nitrogens with zero attached hydrogens (tertiary/aromatic N) is 2. The molecule has 0 radical (unpaired) electrons. The van der Waals surface area contributed by atoms with Gasteiger partial charge in [-0.1, -0.05) is 19.1 Å². The number of fused-ring (bicyclic) bond motifs is 1. The van der Waals surface area contributed by atoms with Crippen molar-refractivity contribution in [3.63, 3.8) is 0 Å². The second-order valence-electron chi connectivity index (χ2n) is 7.19. The maximum absolute atomic E-state index is 11.7. The van der Waals surface area contributed by atoms with Gasteiger partial charge in [0, 0.05) is 32.2 Å². The van der Waals surface area contributed by atoms with Crippen LogP contribution in [0.25, 0.3) is 0 Å². The molecule has 2 heterocycles. The van der Waals surface area contributed by atoms with Gasteiger partial charge < -0.3 is 14.9 Å². The van der Waals surface area contributed by atoms with Crippen molar-refractivity contribution in [2.75, 3.05) is 31.1 Å². The lowest BCUT2D eigenvalue weighted by atomic mass is 9.96. The smallest absolute Gasteiger partial charge is 0.223 e. The Morgan fingerprint density at radius 2 is 2.17 bits per heavy atom. The first-order chi connectivity index (χ1) is 11.0. The number of aliphatic hydroxyl groups is 1. The summed E-state index contributed by atoms with van der Waals surface area (Å²) in [5.74, 6) is 0.824. The van der Waals surface area contributed by atoms with E-state index in [9.17, 15) is 9.90 Å². The molecule has 1 aromatic carbocycles. The van der Waals surface area contributed by atoms with Gasteiger partial charge in [0.15, 0.2) is 0 Å². The number of carbonyl (C=O) groups excluding carboxylic acids is 1. The normalized spacial score (nSPS) is 23.4. The minimum absolute atomic E-state index is 0.0987. The molecule has 4 nitrogen and oxygen atoms in total. The van der Waals surface area contributed by atoms with Crippen LogP contribution in [0.5, 0.6) is 0 Å². The lowest BCUT2D eigenvalue weighted by Gasteiger charge is -2.33. The summed E-state index contributed by atoms with van der Waals surface area (Å²) in [6, 6.07) is 6.09. The van der Waals surface area contributed by atoms with Crippen LogP contribution in [0.4, 0.5) is 5.69 Å². The zero-order valence-corrected chi connectivity index (χ0v) is 14.3. The second-order valence-corrected chi connectivity index (χ2v) is 7.19. The Hall–Kier alpha value is -1.39. The van der Waals surface area contributed by atoms with Crippen LogP contribution in [-0.4, -0.2) is 42.1 Å². The fourth-order valence-corrected chi connectivity index (χ4v) is 3.95. The first kappa shape index (κ1) is 16.5. The van der Waals surface area contributed by atoms with E-state index in [0.29, 0.717) is 6.54 Å². The number of anilines is 1. The number of β-amino-alcohol motifs (C(OH)–C–C–N with tert-alkyl or cyclic N) is 1. The van der Waals surface area contributed by atoms with Gasteiger partial charge in [0.2, 0.25) is 5.91 Å². The van der Waals surface area contributed by atoms with E-state index in [-0.39, 0.29) is 5.91 Å². The summed E-state index contributed by atoms with van der Waals surface area (Å²) in [5.41, 5.74) is 3.19. The number of aryl methyl sites for hydroxylation is 1. The Kier molecular flexibility index (Phi) is 5.02. The minimum atomic E-state index is -0.446. The number of hydrogen-bond acceptors (Lipinski definition) is 3. The summed E-state index contributed by atoms with van der Waals surface area (Å²) in [5, 5.41) is 10.6. The van der Waals surface area contributed by atoms with Crippen LogP contribution in [0.1, 0.15) is 50.3 Å². The maximum atomic E-state index is 11.7. The topological polar surface area (TPSA) is 43.8 Å². The Morgan fingerprint density at radius 3 is 2.91 bits per heavy atom. The fraction of sp³-hybridized carbons (Fsp3) is 0.632. The molecule has 126 valence electrons. The third-order valence-electron chi connectivity index (χ3n) is 5.16. The summed E-state index contributed by atoms with van der Waals surface area (Å²) in [6.07, 6.45) is 4.06. The molecule has 4 heteroatoms. The van der Waals surface area contributed by atoms with Crippen molar-refractivity contribution in [1.29, 1.82) is 0 Å². The van der Waals surface area contributed by atoms with E-state index in [4.69, 9.17) is 0 Å². The highest BCUT2D eigenvalue weighted by molar-refractivity contribution is 5.92. The molecule has 1 N–H and O–H groups in total. The monoisotopic (exact) mass is 316 g/mol. The van der Waals surface area contributed by atoms with Crippen LogP contribution >= 0.6 is 0 Å². The zero-order chi connectivity index (χ0) is 16.4. The van der Waals surface area contributed by atoms with Gasteiger partial charge in [-0.15, -0.1) is 0 Å². The molecule has 2 atom stereocenters. The van der Waals surface area contributed by atoms with Crippen molar-refractivity contribution in [2.24, 2.45) is 5.92 Å². The molecule has 2 unspecified atom stereocenters. The van der Waals surface area contributed by atoms with Crippen molar-refractivity contribution in [1.82, 2.24) is 4.90 Å². The predicted molar refractivity (Wildman–Crippen MR) is 92.6 cm³/mol. The van der Waals surface area contributed by atoms with E-state index in [1.807, 2.05) is 17.0 Å². The minimum Gasteiger partial charge on any atom is -0.387 e. The van der Waals surface area contributed by atoms with Crippen LogP contribution in [-0.2, 0) is 11.2 Å². The number of aliphatic hydroxyl groups excluding tert-OH is 1. The van der Waals surface area contributed by atoms with Gasteiger partial charge in [0.25, 0.3) is 0 Å². The summed E-state index contributed by atoms with van der Waals surface area (Å²) in [4.78, 5) is 16.0. The van der Waals surface area contributed by atoms with Crippen LogP contribution in [0.2, 0.25) is 0 Å². The van der Waals surface area contributed by atoms with Gasteiger partial charge in [0.05, 0.1) is 6.10 Å². The first-order valence-corrected chi connectivity index (χ1v) is 8.86. The zero-order valence-electron chi connectivity index (χ0n) is 14.3. The summed E-state index contributed by atoms with van der Waals surface area (Å²) in [6.45, 7) is 7.59. The molecule has 1 saturated heterocycles. The van der Waals surface area contributed by atoms with Crippen molar-refractivity contribution < 1.29 is 9.90 Å². The molecule has 0 aromatic heterocycles. The van der Waals surface area contributed by atoms with E-state index in [0.717, 1.165) is 49.6 Å². The third-order valence-corrected chi connectivity index (χ3v) is 5.16. The Balaban J connectivity index is 1.72. The number of carbonyl (C=O) groups is 1. The number of piperidine rings is 1. The number of benzene rings is 1. The number of amides is 1. The SMILES string of the molecule is CC(=O)N1CCCc2cc(C(O)CN3CCCC(C)C3)ccc21. The van der Waals surface area contributed by atoms with E-state index in [2.05, 4.69) is 17.9 Å². The Morgan fingerprint density at radius 1 is 1.35 bits per heavy atom. The molecule has 0 aliphatic carbocycles. The second kappa shape index (κ2) is 7.02. The lowest BCUT2D eigenvalue weighted by Crippen LogP contribution is -2.37. The molecule has 2 aliphatic heterocycles. The lowest BCUT2D eigenvalue weighted by molar-refractivity contribution is -0.116. The molecule has 23 heavy (non-hydrogen) atoms. The fourth-order valence-electron chi connectivity index (χ4n) is 3.95. The highest BCUT2D eigenvalue weighted by Crippen LogP contribution is 2.30. The van der Waals surface area contributed by atoms with E-state index in [1.54, 1.807) is 6.92 Å². The first-order valence-electron chi connectivity index (χ1n) is 8.86. The molecular formula is C19H28N2O2. The average molecular weight is 316 g/mol. The Labute approximate surface area is 139 Å². The highest BCUT2D eigenvalue weighted by atomic mass is 16.3. The van der Waals surface area contributed by atoms with Crippen molar-refractivity contribution in [2.45, 2.75) is 45.6 Å². The van der Waals surface area contributed by atoms with E-state index >= 15 is 0 Å². The van der Waals surface area contributed by atoms with Crippen molar-refractivity contribution >= 4 is 11.6 Å². The molecule has 0 saturated carbocycles. The molecule has 1 aromatic rings. The van der Waals surface area contributed by atoms with E-state index in [1.165, 1.54) is 18.4 Å². The number of rotatable bonds is 3. The summed E-state index contributed by atoms with van der Waals surface area (Å²) < 4.78 is 0. The van der Waals surface area contributed by atoms with Gasteiger partial charge >= 0.3 is 0 Å². The molecule has 0 bridgehead atoms. The van der Waals surface area contributed by atoms with E-state index < -0.39 is 6.10 Å². The third kappa shape index (κ3) is 3.75. The van der Waals surface area contributed by atoms with Gasteiger partial charge in [-0.2, -0.15) is 0 Å². The molecular weight excluding hydrogens is 288 g/mol. The molecule has 3 rings (SSSR count). The Bertz CT molecular complexity index is 572. The standard InChI is InChI=1S/C19H28N2O2/c1-14-5-3-9-20(12-14)13-19(23)17-7-8-18-16(11-17)6-4-10-21(18)15(2)22/h7-8,11,14,19,23H,3-6,9-10,12-13H2,1-2H3.